The number of nitrogens with one attached hydrogen (secondary N) is 2. The van der Waals surface area contributed by atoms with Crippen LogP contribution in [-0.2, 0) is 23.8 Å². The van der Waals surface area contributed by atoms with Crippen LogP contribution in [0, 0.1) is 36.0 Å². The van der Waals surface area contributed by atoms with Gasteiger partial charge in [0.1, 0.15) is 17.6 Å². The zero-order chi connectivity index (χ0) is 37.2. The normalized spacial score (nSPS) is 32.8. The number of hydrogen-bond acceptors (Lipinski definition) is 11. The van der Waals surface area contributed by atoms with E-state index in [0.29, 0.717) is 29.4 Å². The van der Waals surface area contributed by atoms with Gasteiger partial charge in [-0.05, 0) is 61.8 Å². The maximum Gasteiger partial charge on any atom is 0.312 e. The van der Waals surface area contributed by atoms with Crippen LogP contribution in [0.25, 0.3) is 10.8 Å². The second kappa shape index (κ2) is 15.3. The smallest absolute Gasteiger partial charge is 0.312 e. The molecule has 0 unspecified atom stereocenters. The molecule has 2 aromatic rings. The van der Waals surface area contributed by atoms with Crippen LogP contribution in [0.4, 0.5) is 5.69 Å². The lowest BCUT2D eigenvalue weighted by molar-refractivity contribution is -0.160. The Morgan fingerprint density at radius 1 is 1.08 bits per heavy atom. The summed E-state index contributed by atoms with van der Waals surface area (Å²) < 4.78 is 23.5. The predicted octanol–water partition coefficient (Wildman–Crippen LogP) is 5.56. The molecule has 50 heavy (non-hydrogen) atoms. The zero-order valence-electron chi connectivity index (χ0n) is 30.2. The van der Waals surface area contributed by atoms with Gasteiger partial charge in [-0.1, -0.05) is 33.8 Å². The number of anilines is 1. The first-order valence-electron chi connectivity index (χ1n) is 16.9. The molecule has 5 rings (SSSR count). The number of carbonyl (C=O) groups is 3. The molecule has 12 heteroatoms. The van der Waals surface area contributed by atoms with Gasteiger partial charge in [-0.2, -0.15) is 0 Å². The average molecular weight is 695 g/mol. The van der Waals surface area contributed by atoms with Crippen molar-refractivity contribution in [3.8, 4) is 11.5 Å². The predicted molar refractivity (Wildman–Crippen MR) is 188 cm³/mol. The fourth-order valence-electron chi connectivity index (χ4n) is 7.06. The molecule has 5 N–H and O–H groups in total. The molecular formula is C38H50N2O10. The number of benzene rings is 2. The summed E-state index contributed by atoms with van der Waals surface area (Å²) in [7, 11) is 1.47. The van der Waals surface area contributed by atoms with Gasteiger partial charge in [-0.15, -0.1) is 0 Å². The Bertz CT molecular complexity index is 1720. The number of aromatic hydroxyl groups is 1. The van der Waals surface area contributed by atoms with E-state index in [4.69, 9.17) is 24.4 Å². The quantitative estimate of drug-likeness (QED) is 0.201. The highest BCUT2D eigenvalue weighted by atomic mass is 16.7. The molecule has 0 radical (unpaired) electrons. The lowest BCUT2D eigenvalue weighted by atomic mass is 9.78. The van der Waals surface area contributed by atoms with Crippen LogP contribution in [0.5, 0.6) is 11.5 Å². The van der Waals surface area contributed by atoms with Gasteiger partial charge < -0.3 is 45.0 Å². The standard InChI is InChI=1S/C38H50N2O10/c1-18-11-10-12-19(2)37(46)40-27-16-25-15-20(3)34-30(29(25)33(44)26(27)17-39)36(45)38(8,50-34)48-14-13-28(47-9)21(4)35(49-24(7)41)23(6)32(43)22(5)31(18)42/h12-18,21-23,28,31-32,35,39,42-44H,10-11H2,1-9H3,(H,40,46)/b14-13+,19-12-,39-17?/t18-,21+,22+,23+,28-,31-,32+,35+,38-/m0/s1. The Labute approximate surface area is 292 Å². The summed E-state index contributed by atoms with van der Waals surface area (Å²) in [5.41, 5.74) is 1.26. The lowest BCUT2D eigenvalue weighted by Crippen LogP contribution is -2.46. The largest absolute Gasteiger partial charge is 0.507 e. The average Bonchev–Trinajstić information content (AvgIpc) is 3.33. The fraction of sp³-hybridized carbons (Fsp3) is 0.526. The van der Waals surface area contributed by atoms with Gasteiger partial charge in [0.25, 0.3) is 11.7 Å². The Balaban J connectivity index is 1.83. The molecule has 0 saturated carbocycles. The van der Waals surface area contributed by atoms with E-state index in [-0.39, 0.29) is 39.6 Å². The van der Waals surface area contributed by atoms with E-state index in [2.05, 4.69) is 5.32 Å². The molecule has 5 bridgehead atoms. The summed E-state index contributed by atoms with van der Waals surface area (Å²) in [6, 6.07) is 3.32. The van der Waals surface area contributed by atoms with E-state index in [9.17, 15) is 29.7 Å². The van der Waals surface area contributed by atoms with Gasteiger partial charge >= 0.3 is 11.8 Å². The molecule has 0 spiro atoms. The number of rotatable bonds is 3. The topological polar surface area (TPSA) is 185 Å². The van der Waals surface area contributed by atoms with Gasteiger partial charge in [-0.3, -0.25) is 14.4 Å². The second-order valence-corrected chi connectivity index (χ2v) is 13.9. The minimum atomic E-state index is -1.83. The van der Waals surface area contributed by atoms with E-state index in [1.807, 2.05) is 6.92 Å². The van der Waals surface area contributed by atoms with Crippen molar-refractivity contribution in [1.82, 2.24) is 0 Å². The molecule has 12 nitrogen and oxygen atoms in total. The van der Waals surface area contributed by atoms with Crippen LogP contribution in [0.15, 0.2) is 36.1 Å². The van der Waals surface area contributed by atoms with Crippen LogP contribution >= 0.6 is 0 Å². The van der Waals surface area contributed by atoms with Gasteiger partial charge in [0.05, 0.1) is 41.4 Å². The minimum Gasteiger partial charge on any atom is -0.507 e. The van der Waals surface area contributed by atoms with Gasteiger partial charge in [-0.25, -0.2) is 0 Å². The number of methoxy groups -OCH3 is 1. The van der Waals surface area contributed by atoms with Crippen molar-refractivity contribution >= 4 is 40.3 Å². The number of hydrogen-bond donors (Lipinski definition) is 5. The summed E-state index contributed by atoms with van der Waals surface area (Å²) in [5.74, 6) is -5.52. The molecule has 3 heterocycles. The van der Waals surface area contributed by atoms with Crippen LogP contribution < -0.4 is 10.1 Å². The maximum atomic E-state index is 14.0. The Hall–Kier alpha value is -4.26. The summed E-state index contributed by atoms with van der Waals surface area (Å²) in [6.45, 7) is 13.3. The molecule has 3 aliphatic rings. The Kier molecular flexibility index (Phi) is 11.8. The number of aliphatic hydroxyl groups excluding tert-OH is 2. The summed E-state index contributed by atoms with van der Waals surface area (Å²) in [4.78, 5) is 39.5. The number of ketones is 1. The third kappa shape index (κ3) is 7.42. The molecular weight excluding hydrogens is 644 g/mol. The number of fused-ring (bicyclic) bond motifs is 15. The Morgan fingerprint density at radius 2 is 1.76 bits per heavy atom. The number of allylic oxidation sites excluding steroid dienone is 1. The molecule has 0 aliphatic carbocycles. The van der Waals surface area contributed by atoms with Gasteiger partial charge in [0, 0.05) is 55.9 Å². The Morgan fingerprint density at radius 3 is 2.38 bits per heavy atom. The van der Waals surface area contributed by atoms with Crippen molar-refractivity contribution in [2.45, 2.75) is 98.4 Å². The van der Waals surface area contributed by atoms with Crippen molar-refractivity contribution in [2.75, 3.05) is 12.4 Å². The number of phenolic OH excluding ortho intramolecular Hbond substituents is 1. The van der Waals surface area contributed by atoms with E-state index < -0.39 is 65.6 Å². The van der Waals surface area contributed by atoms with Crippen LogP contribution in [0.1, 0.15) is 82.8 Å². The third-order valence-corrected chi connectivity index (χ3v) is 10.2. The van der Waals surface area contributed by atoms with Gasteiger partial charge in [0.15, 0.2) is 0 Å². The van der Waals surface area contributed by atoms with E-state index in [0.717, 1.165) is 6.21 Å². The monoisotopic (exact) mass is 694 g/mol. The number of aryl methyl sites for hydroxylation is 1. The van der Waals surface area contributed by atoms with Crippen molar-refractivity contribution < 1.29 is 48.7 Å². The SMILES string of the molecule is CO[C@H]1/C=C/O[C@@]2(C)Oc3c(C)cc4cc(c(C=N)c(O)c4c3C2=O)NC(=O)/C(C)=C\CC[C@H](C)[C@H](O)[C@@H](C)[C@@H](O)[C@@H](C)[C@H](OC(C)=O)[C@@H]1C. The molecule has 2 aromatic carbocycles. The van der Waals surface area contributed by atoms with E-state index >= 15 is 0 Å². The summed E-state index contributed by atoms with van der Waals surface area (Å²) >= 11 is 0. The van der Waals surface area contributed by atoms with Crippen molar-refractivity contribution in [3.05, 3.63) is 52.8 Å². The summed E-state index contributed by atoms with van der Waals surface area (Å²) in [5, 5.41) is 45.6. The van der Waals surface area contributed by atoms with Crippen LogP contribution in [0.3, 0.4) is 0 Å². The van der Waals surface area contributed by atoms with Crippen LogP contribution in [-0.4, -0.2) is 76.5 Å². The number of phenols is 1. The number of ether oxygens (including phenoxy) is 4. The van der Waals surface area contributed by atoms with Crippen molar-refractivity contribution in [3.63, 3.8) is 0 Å². The molecule has 272 valence electrons. The first kappa shape index (κ1) is 38.5. The lowest BCUT2D eigenvalue weighted by Gasteiger charge is -2.38. The van der Waals surface area contributed by atoms with E-state index in [1.165, 1.54) is 27.2 Å². The molecule has 0 fully saturated rings. The van der Waals surface area contributed by atoms with Crippen molar-refractivity contribution in [1.29, 1.82) is 5.41 Å². The highest BCUT2D eigenvalue weighted by molar-refractivity contribution is 6.20. The second-order valence-electron chi connectivity index (χ2n) is 13.9. The van der Waals surface area contributed by atoms with Crippen LogP contribution in [0.2, 0.25) is 0 Å². The van der Waals surface area contributed by atoms with E-state index in [1.54, 1.807) is 58.9 Å². The third-order valence-electron chi connectivity index (χ3n) is 10.2. The number of esters is 1. The molecule has 1 amide bonds. The molecule has 0 saturated heterocycles. The molecule has 3 aliphatic heterocycles. The fourth-order valence-corrected chi connectivity index (χ4v) is 7.06. The summed E-state index contributed by atoms with van der Waals surface area (Å²) in [6.07, 6.45) is 2.97. The minimum absolute atomic E-state index is 0.0131. The number of amides is 1. The highest BCUT2D eigenvalue weighted by Crippen LogP contribution is 2.47. The van der Waals surface area contributed by atoms with Crippen molar-refractivity contribution in [2.24, 2.45) is 23.7 Å². The van der Waals surface area contributed by atoms with Gasteiger partial charge in [0.2, 0.25) is 0 Å². The number of Topliss-reactive ketones (excluding diaryl/α,β-unsaturated/α-hetero) is 1. The maximum absolute atomic E-state index is 14.0. The first-order valence-corrected chi connectivity index (χ1v) is 16.9. The highest BCUT2D eigenvalue weighted by Gasteiger charge is 2.48. The number of aliphatic hydroxyl groups is 2. The number of carbonyl (C=O) groups excluding carboxylic acids is 3. The molecule has 9 atom stereocenters. The zero-order valence-corrected chi connectivity index (χ0v) is 30.2. The molecule has 0 aromatic heterocycles. The first-order chi connectivity index (χ1) is 23.5.